The molecule has 0 fully saturated rings. The van der Waals surface area contributed by atoms with Crippen LogP contribution in [0.5, 0.6) is 0 Å². The van der Waals surface area contributed by atoms with E-state index in [4.69, 9.17) is 21.7 Å². The molecule has 0 radical (unpaired) electrons. The smallest absolute Gasteiger partial charge is 0.303 e. The number of nitrogens with one attached hydrogen (secondary N) is 1. The highest BCUT2D eigenvalue weighted by molar-refractivity contribution is 6.30. The number of pyridine rings is 2. The minimum absolute atomic E-state index is 0.0802. The number of benzene rings is 2. The molecule has 37 heavy (non-hydrogen) atoms. The van der Waals surface area contributed by atoms with E-state index in [9.17, 15) is 14.0 Å². The van der Waals surface area contributed by atoms with E-state index >= 15 is 0 Å². The molecule has 2 N–H and O–H groups in total. The summed E-state index contributed by atoms with van der Waals surface area (Å²) in [7, 11) is 0. The van der Waals surface area contributed by atoms with E-state index in [1.165, 1.54) is 18.3 Å². The van der Waals surface area contributed by atoms with Crippen molar-refractivity contribution in [2.75, 3.05) is 0 Å². The molecule has 6 nitrogen and oxygen atoms in total. The SMILES string of the molecule is C=C[C@H](NC(=O)c1cnc2nc(-c3ccc(F)cc3)c(CCCCC(=O)O)cc2c1)c1ccc(Cl)cc1. The predicted molar refractivity (Wildman–Crippen MR) is 142 cm³/mol. The minimum atomic E-state index is -0.841. The third-order valence-corrected chi connectivity index (χ3v) is 6.22. The Labute approximate surface area is 218 Å². The zero-order valence-corrected chi connectivity index (χ0v) is 20.7. The molecule has 1 atom stereocenters. The summed E-state index contributed by atoms with van der Waals surface area (Å²) >= 11 is 5.97. The summed E-state index contributed by atoms with van der Waals surface area (Å²) in [6, 6.07) is 16.4. The van der Waals surface area contributed by atoms with Gasteiger partial charge < -0.3 is 10.4 Å². The maximum Gasteiger partial charge on any atom is 0.303 e. The lowest BCUT2D eigenvalue weighted by Crippen LogP contribution is -2.27. The lowest BCUT2D eigenvalue weighted by molar-refractivity contribution is -0.137. The maximum absolute atomic E-state index is 13.5. The Balaban J connectivity index is 1.64. The Hall–Kier alpha value is -4.10. The number of carbonyl (C=O) groups is 2. The predicted octanol–water partition coefficient (Wildman–Crippen LogP) is 6.54. The molecule has 0 spiro atoms. The van der Waals surface area contributed by atoms with Gasteiger partial charge in [-0.3, -0.25) is 9.59 Å². The topological polar surface area (TPSA) is 92.2 Å². The molecule has 4 aromatic rings. The molecule has 0 saturated heterocycles. The Morgan fingerprint density at radius 1 is 1.08 bits per heavy atom. The van der Waals surface area contributed by atoms with Crippen LogP contribution in [-0.2, 0) is 11.2 Å². The number of hydrogen-bond donors (Lipinski definition) is 2. The third kappa shape index (κ3) is 6.57. The fourth-order valence-electron chi connectivity index (χ4n) is 4.05. The van der Waals surface area contributed by atoms with Crippen LogP contribution in [0.2, 0.25) is 5.02 Å². The van der Waals surface area contributed by atoms with Crippen molar-refractivity contribution in [3.05, 3.63) is 107 Å². The average Bonchev–Trinajstić information content (AvgIpc) is 2.89. The Morgan fingerprint density at radius 2 is 1.81 bits per heavy atom. The number of nitrogens with zero attached hydrogens (tertiary/aromatic N) is 2. The molecular weight excluding hydrogens is 493 g/mol. The van der Waals surface area contributed by atoms with Gasteiger partial charge in [-0.1, -0.05) is 29.8 Å². The Kier molecular flexibility index (Phi) is 8.25. The number of carboxylic acid groups (broad SMARTS) is 1. The second-order valence-corrected chi connectivity index (χ2v) is 9.05. The van der Waals surface area contributed by atoms with E-state index < -0.39 is 12.0 Å². The zero-order valence-electron chi connectivity index (χ0n) is 20.0. The molecule has 8 heteroatoms. The molecule has 0 unspecified atom stereocenters. The molecule has 0 aliphatic rings. The Morgan fingerprint density at radius 3 is 2.49 bits per heavy atom. The van der Waals surface area contributed by atoms with Crippen molar-refractivity contribution in [1.82, 2.24) is 15.3 Å². The van der Waals surface area contributed by atoms with Gasteiger partial charge in [0.25, 0.3) is 5.91 Å². The van der Waals surface area contributed by atoms with Crippen LogP contribution < -0.4 is 5.32 Å². The van der Waals surface area contributed by atoms with E-state index in [-0.39, 0.29) is 18.1 Å². The molecule has 188 valence electrons. The maximum atomic E-state index is 13.5. The fraction of sp³-hybridized carbons (Fsp3) is 0.172. The van der Waals surface area contributed by atoms with Gasteiger partial charge in [-0.15, -0.1) is 6.58 Å². The standard InChI is InChI=1S/C29H25ClFN3O3/c1-2-25(18-7-11-23(30)12-8-18)33-29(37)22-16-21-15-20(5-3-4-6-26(35)36)27(34-28(21)32-17-22)19-9-13-24(31)14-10-19/h2,7-17,25H,1,3-6H2,(H,33,37)(H,35,36)/t25-/m0/s1. The van der Waals surface area contributed by atoms with E-state index in [0.717, 1.165) is 16.7 Å². The second kappa shape index (κ2) is 11.8. The number of carboxylic acids is 1. The van der Waals surface area contributed by atoms with Gasteiger partial charge in [0, 0.05) is 28.6 Å². The average molecular weight is 518 g/mol. The molecule has 0 aliphatic heterocycles. The van der Waals surface area contributed by atoms with Gasteiger partial charge in [0.05, 0.1) is 17.3 Å². The van der Waals surface area contributed by atoms with Gasteiger partial charge in [0.15, 0.2) is 5.65 Å². The first-order valence-electron chi connectivity index (χ1n) is 11.8. The summed E-state index contributed by atoms with van der Waals surface area (Å²) in [6.45, 7) is 3.82. The monoisotopic (exact) mass is 517 g/mol. The summed E-state index contributed by atoms with van der Waals surface area (Å²) in [5.74, 6) is -1.51. The summed E-state index contributed by atoms with van der Waals surface area (Å²) in [5.41, 5.74) is 3.91. The first-order valence-corrected chi connectivity index (χ1v) is 12.2. The number of amides is 1. The number of aromatic nitrogens is 2. The van der Waals surface area contributed by atoms with Crippen molar-refractivity contribution in [1.29, 1.82) is 0 Å². The molecule has 4 rings (SSSR count). The number of halogens is 2. The number of unbranched alkanes of at least 4 members (excludes halogenated alkanes) is 1. The summed E-state index contributed by atoms with van der Waals surface area (Å²) in [5, 5.41) is 13.2. The van der Waals surface area contributed by atoms with Crippen molar-refractivity contribution >= 4 is 34.5 Å². The number of aryl methyl sites for hydroxylation is 1. The van der Waals surface area contributed by atoms with Gasteiger partial charge in [-0.2, -0.15) is 0 Å². The number of aliphatic carboxylic acids is 1. The van der Waals surface area contributed by atoms with Crippen molar-refractivity contribution in [2.24, 2.45) is 0 Å². The van der Waals surface area contributed by atoms with E-state index in [1.54, 1.807) is 36.4 Å². The number of fused-ring (bicyclic) bond motifs is 1. The van der Waals surface area contributed by atoms with Crippen LogP contribution in [0.1, 0.15) is 46.8 Å². The van der Waals surface area contributed by atoms with Crippen molar-refractivity contribution < 1.29 is 19.1 Å². The molecule has 2 aromatic heterocycles. The normalized spacial score (nSPS) is 11.7. The largest absolute Gasteiger partial charge is 0.481 e. The highest BCUT2D eigenvalue weighted by atomic mass is 35.5. The molecule has 2 aromatic carbocycles. The van der Waals surface area contributed by atoms with Crippen LogP contribution in [0.3, 0.4) is 0 Å². The summed E-state index contributed by atoms with van der Waals surface area (Å²) < 4.78 is 13.5. The van der Waals surface area contributed by atoms with Gasteiger partial charge >= 0.3 is 5.97 Å². The van der Waals surface area contributed by atoms with Crippen molar-refractivity contribution in [2.45, 2.75) is 31.7 Å². The van der Waals surface area contributed by atoms with Crippen LogP contribution in [-0.4, -0.2) is 27.0 Å². The number of rotatable bonds is 10. The first kappa shape index (κ1) is 26.0. The molecule has 0 saturated carbocycles. The summed E-state index contributed by atoms with van der Waals surface area (Å²) in [4.78, 5) is 33.1. The number of carbonyl (C=O) groups excluding carboxylic acids is 1. The number of hydrogen-bond acceptors (Lipinski definition) is 4. The lowest BCUT2D eigenvalue weighted by atomic mass is 9.99. The molecule has 2 heterocycles. The van der Waals surface area contributed by atoms with Gasteiger partial charge in [0.1, 0.15) is 5.82 Å². The third-order valence-electron chi connectivity index (χ3n) is 5.96. The van der Waals surface area contributed by atoms with Gasteiger partial charge in [-0.05, 0) is 78.9 Å². The van der Waals surface area contributed by atoms with Crippen LogP contribution in [0, 0.1) is 5.82 Å². The molecule has 0 bridgehead atoms. The highest BCUT2D eigenvalue weighted by Gasteiger charge is 2.16. The highest BCUT2D eigenvalue weighted by Crippen LogP contribution is 2.27. The van der Waals surface area contributed by atoms with Crippen LogP contribution in [0.15, 0.2) is 79.5 Å². The zero-order chi connectivity index (χ0) is 26.4. The van der Waals surface area contributed by atoms with E-state index in [0.29, 0.717) is 46.6 Å². The Bertz CT molecular complexity index is 1440. The van der Waals surface area contributed by atoms with Crippen LogP contribution in [0.25, 0.3) is 22.3 Å². The van der Waals surface area contributed by atoms with Crippen LogP contribution in [0.4, 0.5) is 4.39 Å². The quantitative estimate of drug-likeness (QED) is 0.184. The van der Waals surface area contributed by atoms with E-state index in [1.807, 2.05) is 18.2 Å². The van der Waals surface area contributed by atoms with Gasteiger partial charge in [0.2, 0.25) is 0 Å². The molecular formula is C29H25ClFN3O3. The van der Waals surface area contributed by atoms with Gasteiger partial charge in [-0.25, -0.2) is 14.4 Å². The molecule has 0 aliphatic carbocycles. The minimum Gasteiger partial charge on any atom is -0.481 e. The van der Waals surface area contributed by atoms with Crippen LogP contribution >= 0.6 is 11.6 Å². The van der Waals surface area contributed by atoms with E-state index in [2.05, 4.69) is 16.9 Å². The summed E-state index contributed by atoms with van der Waals surface area (Å²) in [6.07, 6.45) is 4.92. The first-order chi connectivity index (χ1) is 17.8. The van der Waals surface area contributed by atoms with Crippen molar-refractivity contribution in [3.8, 4) is 11.3 Å². The second-order valence-electron chi connectivity index (χ2n) is 8.61. The fourth-order valence-corrected chi connectivity index (χ4v) is 4.17. The lowest BCUT2D eigenvalue weighted by Gasteiger charge is -2.16. The molecule has 1 amide bonds. The van der Waals surface area contributed by atoms with Crippen molar-refractivity contribution in [3.63, 3.8) is 0 Å².